The van der Waals surface area contributed by atoms with Crippen LogP contribution < -0.4 is 5.32 Å². The number of hydrogen-bond acceptors (Lipinski definition) is 3. The summed E-state index contributed by atoms with van der Waals surface area (Å²) in [5.41, 5.74) is 1.44. The lowest BCUT2D eigenvalue weighted by molar-refractivity contribution is 0.0767. The van der Waals surface area contributed by atoms with E-state index in [9.17, 15) is 4.79 Å². The van der Waals surface area contributed by atoms with Gasteiger partial charge in [0.15, 0.2) is 0 Å². The second-order valence-electron chi connectivity index (χ2n) is 4.19. The molecule has 4 nitrogen and oxygen atoms in total. The minimum atomic E-state index is -0.0119. The van der Waals surface area contributed by atoms with E-state index in [1.165, 1.54) is 0 Å². The Kier molecular flexibility index (Phi) is 6.64. The predicted octanol–water partition coefficient (Wildman–Crippen LogP) is 2.94. The molecule has 0 saturated heterocycles. The molecule has 0 atom stereocenters. The fourth-order valence-corrected chi connectivity index (χ4v) is 1.80. The fourth-order valence-electron chi connectivity index (χ4n) is 1.80. The Morgan fingerprint density at radius 2 is 2.16 bits per heavy atom. The van der Waals surface area contributed by atoms with E-state index < -0.39 is 0 Å². The van der Waals surface area contributed by atoms with Crippen LogP contribution in [-0.2, 0) is 0 Å². The number of rotatable bonds is 7. The molecule has 0 aliphatic carbocycles. The number of pyridine rings is 1. The zero-order valence-corrected chi connectivity index (χ0v) is 12.0. The number of nitrogens with one attached hydrogen (secondary N) is 1. The first-order valence-corrected chi connectivity index (χ1v) is 6.83. The van der Waals surface area contributed by atoms with Gasteiger partial charge in [-0.2, -0.15) is 0 Å². The van der Waals surface area contributed by atoms with E-state index in [2.05, 4.69) is 16.4 Å². The van der Waals surface area contributed by atoms with Gasteiger partial charge >= 0.3 is 0 Å². The Balaban J connectivity index is 2.68. The van der Waals surface area contributed by atoms with Crippen LogP contribution in [0.25, 0.3) is 0 Å². The van der Waals surface area contributed by atoms with Crippen molar-refractivity contribution < 1.29 is 4.79 Å². The maximum Gasteiger partial charge on any atom is 0.272 e. The molecule has 0 saturated carbocycles. The van der Waals surface area contributed by atoms with Gasteiger partial charge in [-0.05, 0) is 39.3 Å². The maximum absolute atomic E-state index is 12.2. The number of allylic oxidation sites excluding steroid dienone is 1. The van der Waals surface area contributed by atoms with Gasteiger partial charge in [0.1, 0.15) is 5.69 Å². The smallest absolute Gasteiger partial charge is 0.272 e. The minimum absolute atomic E-state index is 0.0119. The Bertz CT molecular complexity index is 425. The molecule has 0 bridgehead atoms. The molecular formula is C15H23N3O. The van der Waals surface area contributed by atoms with Gasteiger partial charge in [0.05, 0.1) is 0 Å². The molecule has 1 rings (SSSR count). The molecule has 19 heavy (non-hydrogen) atoms. The topological polar surface area (TPSA) is 45.2 Å². The molecule has 0 unspecified atom stereocenters. The van der Waals surface area contributed by atoms with Crippen molar-refractivity contribution in [1.82, 2.24) is 9.88 Å². The minimum Gasteiger partial charge on any atom is -0.385 e. The molecule has 1 heterocycles. The van der Waals surface area contributed by atoms with Gasteiger partial charge in [0.25, 0.3) is 5.91 Å². The number of amides is 1. The Morgan fingerprint density at radius 3 is 2.79 bits per heavy atom. The van der Waals surface area contributed by atoms with Crippen LogP contribution in [0.15, 0.2) is 30.5 Å². The van der Waals surface area contributed by atoms with E-state index in [1.54, 1.807) is 11.1 Å². The van der Waals surface area contributed by atoms with Gasteiger partial charge in [-0.15, -0.1) is 0 Å². The van der Waals surface area contributed by atoms with Gasteiger partial charge in [-0.25, -0.2) is 0 Å². The van der Waals surface area contributed by atoms with Crippen LogP contribution >= 0.6 is 0 Å². The predicted molar refractivity (Wildman–Crippen MR) is 79.4 cm³/mol. The number of carbonyl (C=O) groups excluding carboxylic acids is 1. The third-order valence-corrected chi connectivity index (χ3v) is 2.91. The van der Waals surface area contributed by atoms with Gasteiger partial charge in [-0.3, -0.25) is 9.78 Å². The molecule has 0 spiro atoms. The summed E-state index contributed by atoms with van der Waals surface area (Å²) in [5, 5.41) is 3.29. The highest BCUT2D eigenvalue weighted by Gasteiger charge is 2.13. The molecule has 0 fully saturated rings. The lowest BCUT2D eigenvalue weighted by Crippen LogP contribution is -2.31. The van der Waals surface area contributed by atoms with E-state index in [0.29, 0.717) is 18.8 Å². The van der Waals surface area contributed by atoms with Crippen molar-refractivity contribution in [1.29, 1.82) is 0 Å². The van der Waals surface area contributed by atoms with Crippen LogP contribution in [0.4, 0.5) is 5.69 Å². The van der Waals surface area contributed by atoms with Crippen LogP contribution in [-0.4, -0.2) is 35.4 Å². The number of carbonyl (C=O) groups is 1. The largest absolute Gasteiger partial charge is 0.385 e. The second-order valence-corrected chi connectivity index (χ2v) is 4.19. The maximum atomic E-state index is 12.2. The van der Waals surface area contributed by atoms with Crippen molar-refractivity contribution in [3.8, 4) is 0 Å². The standard InChI is InChI=1S/C15H23N3O/c1-4-7-8-10-16-13-9-11-17-14(12-13)15(19)18(5-2)6-3/h4,7,9,11-12H,5-6,8,10H2,1-3H3,(H,16,17)/b7-4+. The van der Waals surface area contributed by atoms with Gasteiger partial charge in [0, 0.05) is 31.5 Å². The van der Waals surface area contributed by atoms with E-state index in [-0.39, 0.29) is 5.91 Å². The highest BCUT2D eigenvalue weighted by atomic mass is 16.2. The van der Waals surface area contributed by atoms with E-state index in [1.807, 2.05) is 39.0 Å². The number of aromatic nitrogens is 1. The molecule has 0 aliphatic rings. The fraction of sp³-hybridized carbons (Fsp3) is 0.467. The normalized spacial score (nSPS) is 10.7. The second kappa shape index (κ2) is 8.29. The SMILES string of the molecule is C/C=C/CCNc1ccnc(C(=O)N(CC)CC)c1. The Labute approximate surface area is 115 Å². The van der Waals surface area contributed by atoms with Crippen molar-refractivity contribution in [3.05, 3.63) is 36.2 Å². The molecule has 1 aromatic heterocycles. The van der Waals surface area contributed by atoms with E-state index >= 15 is 0 Å². The molecule has 104 valence electrons. The van der Waals surface area contributed by atoms with Crippen molar-refractivity contribution in [2.75, 3.05) is 25.0 Å². The first-order valence-electron chi connectivity index (χ1n) is 6.83. The van der Waals surface area contributed by atoms with Crippen LogP contribution in [0.2, 0.25) is 0 Å². The Morgan fingerprint density at radius 1 is 1.42 bits per heavy atom. The summed E-state index contributed by atoms with van der Waals surface area (Å²) in [5.74, 6) is -0.0119. The zero-order valence-electron chi connectivity index (χ0n) is 12.0. The lowest BCUT2D eigenvalue weighted by Gasteiger charge is -2.18. The molecule has 0 radical (unpaired) electrons. The number of nitrogens with zero attached hydrogens (tertiary/aromatic N) is 2. The van der Waals surface area contributed by atoms with Gasteiger partial charge < -0.3 is 10.2 Å². The molecule has 1 aromatic rings. The highest BCUT2D eigenvalue weighted by molar-refractivity contribution is 5.93. The monoisotopic (exact) mass is 261 g/mol. The van der Waals surface area contributed by atoms with Gasteiger partial charge in [0.2, 0.25) is 0 Å². The van der Waals surface area contributed by atoms with Crippen molar-refractivity contribution in [3.63, 3.8) is 0 Å². The van der Waals surface area contributed by atoms with Crippen LogP contribution in [0.5, 0.6) is 0 Å². The molecule has 4 heteroatoms. The first-order chi connectivity index (χ1) is 9.22. The highest BCUT2D eigenvalue weighted by Crippen LogP contribution is 2.10. The first kappa shape index (κ1) is 15.2. The summed E-state index contributed by atoms with van der Waals surface area (Å²) < 4.78 is 0. The third-order valence-electron chi connectivity index (χ3n) is 2.91. The summed E-state index contributed by atoms with van der Waals surface area (Å²) in [6.07, 6.45) is 6.78. The average molecular weight is 261 g/mol. The Hall–Kier alpha value is -1.84. The van der Waals surface area contributed by atoms with Crippen molar-refractivity contribution >= 4 is 11.6 Å². The number of anilines is 1. The van der Waals surface area contributed by atoms with Crippen molar-refractivity contribution in [2.24, 2.45) is 0 Å². The van der Waals surface area contributed by atoms with E-state index in [4.69, 9.17) is 0 Å². The molecule has 0 aromatic carbocycles. The molecule has 0 aliphatic heterocycles. The summed E-state index contributed by atoms with van der Waals surface area (Å²) in [6, 6.07) is 3.70. The summed E-state index contributed by atoms with van der Waals surface area (Å²) in [6.45, 7) is 8.22. The zero-order chi connectivity index (χ0) is 14.1. The third kappa shape index (κ3) is 4.73. The quantitative estimate of drug-likeness (QED) is 0.606. The van der Waals surface area contributed by atoms with Crippen LogP contribution in [0.1, 0.15) is 37.7 Å². The van der Waals surface area contributed by atoms with E-state index in [0.717, 1.165) is 18.7 Å². The summed E-state index contributed by atoms with van der Waals surface area (Å²) in [7, 11) is 0. The molecular weight excluding hydrogens is 238 g/mol. The number of hydrogen-bond donors (Lipinski definition) is 1. The van der Waals surface area contributed by atoms with Crippen molar-refractivity contribution in [2.45, 2.75) is 27.2 Å². The summed E-state index contributed by atoms with van der Waals surface area (Å²) >= 11 is 0. The van der Waals surface area contributed by atoms with Crippen LogP contribution in [0, 0.1) is 0 Å². The van der Waals surface area contributed by atoms with Crippen LogP contribution in [0.3, 0.4) is 0 Å². The molecule has 1 amide bonds. The lowest BCUT2D eigenvalue weighted by atomic mass is 10.2. The molecule has 1 N–H and O–H groups in total. The summed E-state index contributed by atoms with van der Waals surface area (Å²) in [4.78, 5) is 18.1. The average Bonchev–Trinajstić information content (AvgIpc) is 2.45. The van der Waals surface area contributed by atoms with Gasteiger partial charge in [-0.1, -0.05) is 12.2 Å².